The first-order valence-corrected chi connectivity index (χ1v) is 6.49. The zero-order chi connectivity index (χ0) is 15.9. The van der Waals surface area contributed by atoms with Gasteiger partial charge in [-0.15, -0.1) is 0 Å². The summed E-state index contributed by atoms with van der Waals surface area (Å²) >= 11 is 0. The molecule has 1 N–H and O–H groups in total. The fourth-order valence-electron chi connectivity index (χ4n) is 1.42. The van der Waals surface area contributed by atoms with E-state index in [4.69, 9.17) is 4.74 Å². The number of nitrogens with zero attached hydrogens (tertiary/aromatic N) is 1. The van der Waals surface area contributed by atoms with Gasteiger partial charge in [0.1, 0.15) is 5.60 Å². The van der Waals surface area contributed by atoms with Gasteiger partial charge in [0, 0.05) is 12.7 Å². The monoisotopic (exact) mass is 292 g/mol. The second-order valence-corrected chi connectivity index (χ2v) is 5.25. The van der Waals surface area contributed by atoms with Crippen molar-refractivity contribution in [2.75, 3.05) is 13.7 Å². The van der Waals surface area contributed by atoms with E-state index in [1.54, 1.807) is 45.1 Å². The van der Waals surface area contributed by atoms with Gasteiger partial charge in [0.15, 0.2) is 0 Å². The van der Waals surface area contributed by atoms with Crippen LogP contribution in [0.15, 0.2) is 24.4 Å². The first-order valence-electron chi connectivity index (χ1n) is 6.49. The zero-order valence-electron chi connectivity index (χ0n) is 12.7. The molecular formula is C15H20N2O4. The second kappa shape index (κ2) is 7.42. The molecule has 1 aromatic rings. The number of methoxy groups -OCH3 is 1. The number of hydrogen-bond acceptors (Lipinski definition) is 5. The molecule has 1 amide bonds. The molecule has 0 atom stereocenters. The molecule has 21 heavy (non-hydrogen) atoms. The topological polar surface area (TPSA) is 77.5 Å². The molecule has 0 aliphatic rings. The Morgan fingerprint density at radius 3 is 2.71 bits per heavy atom. The maximum atomic E-state index is 11.4. The summed E-state index contributed by atoms with van der Waals surface area (Å²) in [4.78, 5) is 26.9. The highest BCUT2D eigenvalue weighted by molar-refractivity contribution is 5.89. The lowest BCUT2D eigenvalue weighted by molar-refractivity contribution is 0.0532. The number of esters is 1. The van der Waals surface area contributed by atoms with Crippen LogP contribution in [-0.4, -0.2) is 36.3 Å². The number of aromatic nitrogens is 1. The molecule has 0 spiro atoms. The second-order valence-electron chi connectivity index (χ2n) is 5.25. The van der Waals surface area contributed by atoms with E-state index in [1.807, 2.05) is 0 Å². The van der Waals surface area contributed by atoms with Crippen molar-refractivity contribution in [3.8, 4) is 0 Å². The van der Waals surface area contributed by atoms with Crippen molar-refractivity contribution in [1.29, 1.82) is 0 Å². The summed E-state index contributed by atoms with van der Waals surface area (Å²) in [5, 5.41) is 2.59. The average molecular weight is 292 g/mol. The SMILES string of the molecule is COC(=O)c1ccnc(C=CCNC(=O)OC(C)(C)C)c1. The van der Waals surface area contributed by atoms with E-state index in [0.29, 0.717) is 17.8 Å². The Kier molecular flexibility index (Phi) is 5.90. The number of ether oxygens (including phenoxy) is 2. The highest BCUT2D eigenvalue weighted by atomic mass is 16.6. The highest BCUT2D eigenvalue weighted by Gasteiger charge is 2.14. The van der Waals surface area contributed by atoms with Crippen molar-refractivity contribution in [2.45, 2.75) is 26.4 Å². The van der Waals surface area contributed by atoms with Crippen LogP contribution in [0.25, 0.3) is 6.08 Å². The first-order chi connectivity index (χ1) is 9.81. The van der Waals surface area contributed by atoms with Crippen LogP contribution < -0.4 is 5.32 Å². The molecule has 6 heteroatoms. The Hall–Kier alpha value is -2.37. The largest absolute Gasteiger partial charge is 0.465 e. The van der Waals surface area contributed by atoms with Crippen molar-refractivity contribution < 1.29 is 19.1 Å². The minimum Gasteiger partial charge on any atom is -0.465 e. The van der Waals surface area contributed by atoms with Gasteiger partial charge in [-0.25, -0.2) is 9.59 Å². The third kappa shape index (κ3) is 6.56. The maximum Gasteiger partial charge on any atom is 0.407 e. The van der Waals surface area contributed by atoms with Crippen molar-refractivity contribution in [2.24, 2.45) is 0 Å². The predicted molar refractivity (Wildman–Crippen MR) is 78.8 cm³/mol. The van der Waals surface area contributed by atoms with Crippen molar-refractivity contribution in [1.82, 2.24) is 10.3 Å². The third-order valence-electron chi connectivity index (χ3n) is 2.25. The van der Waals surface area contributed by atoms with E-state index in [2.05, 4.69) is 15.0 Å². The number of hydrogen-bond donors (Lipinski definition) is 1. The normalized spacial score (nSPS) is 11.2. The van der Waals surface area contributed by atoms with Gasteiger partial charge in [0.2, 0.25) is 0 Å². The van der Waals surface area contributed by atoms with Gasteiger partial charge >= 0.3 is 12.1 Å². The fourth-order valence-corrected chi connectivity index (χ4v) is 1.42. The standard InChI is InChI=1S/C15H20N2O4/c1-15(2,3)21-14(19)17-8-5-6-12-10-11(7-9-16-12)13(18)20-4/h5-7,9-10H,8H2,1-4H3,(H,17,19). The zero-order valence-corrected chi connectivity index (χ0v) is 12.7. The van der Waals surface area contributed by atoms with Crippen molar-refractivity contribution in [3.05, 3.63) is 35.7 Å². The molecule has 6 nitrogen and oxygen atoms in total. The molecule has 0 saturated carbocycles. The number of pyridine rings is 1. The Balaban J connectivity index is 2.51. The van der Waals surface area contributed by atoms with E-state index in [1.165, 1.54) is 13.3 Å². The minimum absolute atomic E-state index is 0.305. The Morgan fingerprint density at radius 1 is 1.38 bits per heavy atom. The summed E-state index contributed by atoms with van der Waals surface area (Å²) in [7, 11) is 1.32. The quantitative estimate of drug-likeness (QED) is 0.862. The van der Waals surface area contributed by atoms with Crippen LogP contribution in [0.2, 0.25) is 0 Å². The highest BCUT2D eigenvalue weighted by Crippen LogP contribution is 2.07. The molecule has 1 heterocycles. The number of carbonyl (C=O) groups excluding carboxylic acids is 2. The minimum atomic E-state index is -0.524. The van der Waals surface area contributed by atoms with Crippen molar-refractivity contribution in [3.63, 3.8) is 0 Å². The van der Waals surface area contributed by atoms with E-state index >= 15 is 0 Å². The molecule has 0 saturated heterocycles. The molecule has 0 fully saturated rings. The summed E-state index contributed by atoms with van der Waals surface area (Å²) < 4.78 is 9.72. The van der Waals surface area contributed by atoms with E-state index in [9.17, 15) is 9.59 Å². The lowest BCUT2D eigenvalue weighted by Crippen LogP contribution is -2.32. The van der Waals surface area contributed by atoms with E-state index in [0.717, 1.165) is 0 Å². The van der Waals surface area contributed by atoms with Gasteiger partial charge in [-0.05, 0) is 39.0 Å². The van der Waals surface area contributed by atoms with Gasteiger partial charge in [0.25, 0.3) is 0 Å². The maximum absolute atomic E-state index is 11.4. The Labute approximate surface area is 124 Å². The first kappa shape index (κ1) is 16.7. The van der Waals surface area contributed by atoms with Gasteiger partial charge in [-0.3, -0.25) is 4.98 Å². The smallest absolute Gasteiger partial charge is 0.407 e. The molecule has 114 valence electrons. The summed E-state index contributed by atoms with van der Waals surface area (Å²) in [6.45, 7) is 5.69. The summed E-state index contributed by atoms with van der Waals surface area (Å²) in [6.07, 6.45) is 4.45. The van der Waals surface area contributed by atoms with Crippen LogP contribution in [0.5, 0.6) is 0 Å². The molecule has 0 aliphatic heterocycles. The molecule has 0 bridgehead atoms. The van der Waals surface area contributed by atoms with Crippen molar-refractivity contribution >= 4 is 18.1 Å². The predicted octanol–water partition coefficient (Wildman–Crippen LogP) is 2.41. The Bertz CT molecular complexity index is 533. The van der Waals surface area contributed by atoms with Crippen LogP contribution in [0.1, 0.15) is 36.8 Å². The lowest BCUT2D eigenvalue weighted by Gasteiger charge is -2.19. The average Bonchev–Trinajstić information content (AvgIpc) is 2.41. The summed E-state index contributed by atoms with van der Waals surface area (Å²) in [6, 6.07) is 3.18. The number of alkyl carbamates (subject to hydrolysis) is 1. The van der Waals surface area contributed by atoms with Crippen LogP contribution >= 0.6 is 0 Å². The van der Waals surface area contributed by atoms with Crippen LogP contribution in [0.3, 0.4) is 0 Å². The number of nitrogens with one attached hydrogen (secondary N) is 1. The van der Waals surface area contributed by atoms with Gasteiger partial charge < -0.3 is 14.8 Å². The van der Waals surface area contributed by atoms with Gasteiger partial charge in [-0.2, -0.15) is 0 Å². The molecule has 1 rings (SSSR count). The lowest BCUT2D eigenvalue weighted by atomic mass is 10.2. The van der Waals surface area contributed by atoms with Gasteiger partial charge in [-0.1, -0.05) is 6.08 Å². The third-order valence-corrected chi connectivity index (χ3v) is 2.25. The molecular weight excluding hydrogens is 272 g/mol. The van der Waals surface area contributed by atoms with Gasteiger partial charge in [0.05, 0.1) is 18.4 Å². The van der Waals surface area contributed by atoms with Crippen LogP contribution in [0, 0.1) is 0 Å². The van der Waals surface area contributed by atoms with E-state index < -0.39 is 17.7 Å². The number of amides is 1. The fraction of sp³-hybridized carbons (Fsp3) is 0.400. The van der Waals surface area contributed by atoms with Crippen LogP contribution in [-0.2, 0) is 9.47 Å². The summed E-state index contributed by atoms with van der Waals surface area (Å²) in [5.74, 6) is -0.418. The van der Waals surface area contributed by atoms with Crippen LogP contribution in [0.4, 0.5) is 4.79 Å². The molecule has 0 unspecified atom stereocenters. The Morgan fingerprint density at radius 2 is 2.10 bits per heavy atom. The molecule has 0 aliphatic carbocycles. The molecule has 1 aromatic heterocycles. The van der Waals surface area contributed by atoms with E-state index in [-0.39, 0.29) is 0 Å². The number of rotatable bonds is 4. The molecule has 0 radical (unpaired) electrons. The summed E-state index contributed by atoms with van der Waals surface area (Å²) in [5.41, 5.74) is 0.501. The number of carbonyl (C=O) groups is 2. The molecule has 0 aromatic carbocycles.